The Kier molecular flexibility index (Phi) is 8.04. The standard InChI is InChI=1S/C16H20N2O7/c1-3-24-15(20)14(16(21)25-4-2)17-13(19)10-7-11-5-8-12(9-6-11)18(22)23/h5-6,8-9,14H,3-4,7,10H2,1-2H3,(H,17,19). The fraction of sp³-hybridized carbons (Fsp3) is 0.438. The van der Waals surface area contributed by atoms with Gasteiger partial charge in [-0.25, -0.2) is 9.59 Å². The smallest absolute Gasteiger partial charge is 0.340 e. The lowest BCUT2D eigenvalue weighted by atomic mass is 10.1. The summed E-state index contributed by atoms with van der Waals surface area (Å²) in [7, 11) is 0. The Balaban J connectivity index is 2.62. The van der Waals surface area contributed by atoms with Crippen LogP contribution in [0.3, 0.4) is 0 Å². The van der Waals surface area contributed by atoms with E-state index >= 15 is 0 Å². The zero-order chi connectivity index (χ0) is 18.8. The maximum Gasteiger partial charge on any atom is 0.340 e. The number of nitrogens with zero attached hydrogens (tertiary/aromatic N) is 1. The summed E-state index contributed by atoms with van der Waals surface area (Å²) in [5.41, 5.74) is 0.669. The number of benzene rings is 1. The lowest BCUT2D eigenvalue weighted by molar-refractivity contribution is -0.384. The molecule has 0 aliphatic carbocycles. The molecule has 9 heteroatoms. The second kappa shape index (κ2) is 10.0. The van der Waals surface area contributed by atoms with Crippen LogP contribution in [0.2, 0.25) is 0 Å². The van der Waals surface area contributed by atoms with Crippen molar-refractivity contribution in [2.24, 2.45) is 0 Å². The van der Waals surface area contributed by atoms with Crippen LogP contribution in [0.1, 0.15) is 25.8 Å². The van der Waals surface area contributed by atoms with E-state index in [1.807, 2.05) is 0 Å². The first-order valence-electron chi connectivity index (χ1n) is 7.75. The number of carbonyl (C=O) groups excluding carboxylic acids is 3. The van der Waals surface area contributed by atoms with Crippen LogP contribution in [-0.2, 0) is 30.3 Å². The molecule has 1 N–H and O–H groups in total. The lowest BCUT2D eigenvalue weighted by Gasteiger charge is -2.15. The quantitative estimate of drug-likeness (QED) is 0.306. The average molecular weight is 352 g/mol. The second-order valence-electron chi connectivity index (χ2n) is 4.93. The van der Waals surface area contributed by atoms with Crippen molar-refractivity contribution in [3.05, 3.63) is 39.9 Å². The van der Waals surface area contributed by atoms with Crippen molar-refractivity contribution >= 4 is 23.5 Å². The average Bonchev–Trinajstić information content (AvgIpc) is 2.58. The number of rotatable bonds is 9. The molecule has 136 valence electrons. The summed E-state index contributed by atoms with van der Waals surface area (Å²) < 4.78 is 9.50. The minimum absolute atomic E-state index is 0.00682. The third kappa shape index (κ3) is 6.58. The van der Waals surface area contributed by atoms with Gasteiger partial charge < -0.3 is 14.8 Å². The molecule has 0 bridgehead atoms. The minimum Gasteiger partial charge on any atom is -0.464 e. The molecule has 0 radical (unpaired) electrons. The van der Waals surface area contributed by atoms with Crippen molar-refractivity contribution in [1.82, 2.24) is 5.32 Å². The Morgan fingerprint density at radius 2 is 1.60 bits per heavy atom. The van der Waals surface area contributed by atoms with Crippen molar-refractivity contribution in [3.8, 4) is 0 Å². The Morgan fingerprint density at radius 3 is 2.04 bits per heavy atom. The van der Waals surface area contributed by atoms with E-state index in [0.717, 1.165) is 0 Å². The fourth-order valence-corrected chi connectivity index (χ4v) is 1.94. The number of hydrogen-bond acceptors (Lipinski definition) is 7. The normalized spacial score (nSPS) is 10.2. The van der Waals surface area contributed by atoms with Crippen molar-refractivity contribution in [1.29, 1.82) is 0 Å². The van der Waals surface area contributed by atoms with Gasteiger partial charge in [-0.15, -0.1) is 0 Å². The maximum absolute atomic E-state index is 12.0. The highest BCUT2D eigenvalue weighted by Gasteiger charge is 2.31. The predicted molar refractivity (Wildman–Crippen MR) is 86.6 cm³/mol. The zero-order valence-corrected chi connectivity index (χ0v) is 14.0. The van der Waals surface area contributed by atoms with Crippen molar-refractivity contribution in [2.45, 2.75) is 32.7 Å². The Labute approximate surface area is 144 Å². The molecule has 0 unspecified atom stereocenters. The minimum atomic E-state index is -1.51. The van der Waals surface area contributed by atoms with Gasteiger partial charge in [0.15, 0.2) is 0 Å². The predicted octanol–water partition coefficient (Wildman–Crippen LogP) is 1.14. The van der Waals surface area contributed by atoms with Gasteiger partial charge >= 0.3 is 11.9 Å². The Morgan fingerprint density at radius 1 is 1.08 bits per heavy atom. The fourth-order valence-electron chi connectivity index (χ4n) is 1.94. The van der Waals surface area contributed by atoms with E-state index in [4.69, 9.17) is 9.47 Å². The van der Waals surface area contributed by atoms with Crippen LogP contribution in [0.15, 0.2) is 24.3 Å². The Hall–Kier alpha value is -2.97. The number of nitro groups is 1. The molecule has 0 aliphatic rings. The molecule has 0 aliphatic heterocycles. The van der Waals surface area contributed by atoms with Gasteiger partial charge in [-0.3, -0.25) is 14.9 Å². The highest BCUT2D eigenvalue weighted by atomic mass is 16.6. The number of non-ortho nitro benzene ring substituents is 1. The van der Waals surface area contributed by atoms with Crippen LogP contribution < -0.4 is 5.32 Å². The molecule has 0 aromatic heterocycles. The van der Waals surface area contributed by atoms with Gasteiger partial charge in [-0.2, -0.15) is 0 Å². The number of esters is 2. The summed E-state index contributed by atoms with van der Waals surface area (Å²) in [4.78, 5) is 45.6. The van der Waals surface area contributed by atoms with E-state index in [0.29, 0.717) is 12.0 Å². The van der Waals surface area contributed by atoms with Crippen LogP contribution in [-0.4, -0.2) is 42.0 Å². The van der Waals surface area contributed by atoms with Gasteiger partial charge in [-0.05, 0) is 25.8 Å². The SMILES string of the molecule is CCOC(=O)C(NC(=O)CCc1ccc([N+](=O)[O-])cc1)C(=O)OCC. The molecule has 1 aromatic rings. The first-order chi connectivity index (χ1) is 11.9. The van der Waals surface area contributed by atoms with Gasteiger partial charge in [0, 0.05) is 18.6 Å². The summed E-state index contributed by atoms with van der Waals surface area (Å²) in [6, 6.07) is 4.25. The van der Waals surface area contributed by atoms with Crippen LogP contribution in [0, 0.1) is 10.1 Å². The third-order valence-corrected chi connectivity index (χ3v) is 3.14. The topological polar surface area (TPSA) is 125 Å². The molecule has 9 nitrogen and oxygen atoms in total. The number of ether oxygens (including phenoxy) is 2. The van der Waals surface area contributed by atoms with E-state index < -0.39 is 28.8 Å². The first kappa shape index (κ1) is 20.1. The first-order valence-corrected chi connectivity index (χ1v) is 7.75. The lowest BCUT2D eigenvalue weighted by Crippen LogP contribution is -2.48. The number of nitro benzene ring substituents is 1. The van der Waals surface area contributed by atoms with E-state index in [9.17, 15) is 24.5 Å². The number of carbonyl (C=O) groups is 3. The van der Waals surface area contributed by atoms with Gasteiger partial charge in [0.25, 0.3) is 5.69 Å². The molecule has 0 spiro atoms. The zero-order valence-electron chi connectivity index (χ0n) is 14.0. The molecule has 0 saturated carbocycles. The third-order valence-electron chi connectivity index (χ3n) is 3.14. The molecule has 0 heterocycles. The largest absolute Gasteiger partial charge is 0.464 e. The summed E-state index contributed by atoms with van der Waals surface area (Å²) in [5, 5.41) is 12.9. The number of amides is 1. The van der Waals surface area contributed by atoms with E-state index in [1.54, 1.807) is 26.0 Å². The molecule has 0 atom stereocenters. The van der Waals surface area contributed by atoms with Crippen LogP contribution in [0.5, 0.6) is 0 Å². The molecule has 25 heavy (non-hydrogen) atoms. The van der Waals surface area contributed by atoms with Crippen molar-refractivity contribution in [3.63, 3.8) is 0 Å². The van der Waals surface area contributed by atoms with Crippen LogP contribution in [0.25, 0.3) is 0 Å². The maximum atomic E-state index is 12.0. The van der Waals surface area contributed by atoms with Crippen molar-refractivity contribution in [2.75, 3.05) is 13.2 Å². The van der Waals surface area contributed by atoms with Crippen molar-refractivity contribution < 1.29 is 28.8 Å². The summed E-state index contributed by atoms with van der Waals surface area (Å²) >= 11 is 0. The summed E-state index contributed by atoms with van der Waals surface area (Å²) in [5.74, 6) is -2.31. The van der Waals surface area contributed by atoms with Gasteiger partial charge in [0.2, 0.25) is 11.9 Å². The molecular formula is C16H20N2O7. The second-order valence-corrected chi connectivity index (χ2v) is 4.93. The number of hydrogen-bond donors (Lipinski definition) is 1. The van der Waals surface area contributed by atoms with E-state index in [1.165, 1.54) is 12.1 Å². The van der Waals surface area contributed by atoms with Gasteiger partial charge in [0.05, 0.1) is 18.1 Å². The van der Waals surface area contributed by atoms with Crippen LogP contribution >= 0.6 is 0 Å². The highest BCUT2D eigenvalue weighted by Crippen LogP contribution is 2.13. The summed E-state index contributed by atoms with van der Waals surface area (Å²) in [6.45, 7) is 3.29. The molecule has 0 fully saturated rings. The van der Waals surface area contributed by atoms with Gasteiger partial charge in [0.1, 0.15) is 0 Å². The Bertz CT molecular complexity index is 610. The monoisotopic (exact) mass is 352 g/mol. The molecule has 1 amide bonds. The van der Waals surface area contributed by atoms with E-state index in [-0.39, 0.29) is 25.3 Å². The molecule has 0 saturated heterocycles. The molecule has 1 rings (SSSR count). The number of nitrogens with one attached hydrogen (secondary N) is 1. The summed E-state index contributed by atoms with van der Waals surface area (Å²) in [6.07, 6.45) is 0.287. The van der Waals surface area contributed by atoms with Crippen LogP contribution in [0.4, 0.5) is 5.69 Å². The highest BCUT2D eigenvalue weighted by molar-refractivity contribution is 6.02. The molecule has 1 aromatic carbocycles. The number of aryl methyl sites for hydroxylation is 1. The van der Waals surface area contributed by atoms with E-state index in [2.05, 4.69) is 5.32 Å². The van der Waals surface area contributed by atoms with Gasteiger partial charge in [-0.1, -0.05) is 12.1 Å². The molecular weight excluding hydrogens is 332 g/mol.